The first-order valence-electron chi connectivity index (χ1n) is 7.98. The van der Waals surface area contributed by atoms with Gasteiger partial charge >= 0.3 is 0 Å². The fourth-order valence-electron chi connectivity index (χ4n) is 2.99. The summed E-state index contributed by atoms with van der Waals surface area (Å²) in [6.07, 6.45) is 0. The van der Waals surface area contributed by atoms with Crippen molar-refractivity contribution in [2.45, 2.75) is 4.75 Å². The van der Waals surface area contributed by atoms with E-state index in [0.29, 0.717) is 6.54 Å². The van der Waals surface area contributed by atoms with Gasteiger partial charge in [-0.1, -0.05) is 72.8 Å². The Morgan fingerprint density at radius 3 is 1.62 bits per heavy atom. The molecule has 0 radical (unpaired) electrons. The highest BCUT2D eigenvalue weighted by molar-refractivity contribution is 14.1. The van der Waals surface area contributed by atoms with Crippen LogP contribution < -0.4 is 5.73 Å². The van der Waals surface area contributed by atoms with E-state index in [1.807, 2.05) is 11.8 Å². The molecule has 0 aliphatic rings. The molecule has 0 aliphatic heterocycles. The van der Waals surface area contributed by atoms with Crippen molar-refractivity contribution >= 4 is 34.4 Å². The lowest BCUT2D eigenvalue weighted by atomic mass is 9.84. The van der Waals surface area contributed by atoms with Crippen molar-refractivity contribution in [2.24, 2.45) is 5.73 Å². The van der Waals surface area contributed by atoms with Crippen LogP contribution in [0.15, 0.2) is 84.9 Å². The van der Waals surface area contributed by atoms with Gasteiger partial charge < -0.3 is 5.73 Å². The van der Waals surface area contributed by atoms with E-state index in [4.69, 9.17) is 5.73 Å². The molecule has 3 rings (SSSR count). The number of rotatable bonds is 6. The van der Waals surface area contributed by atoms with E-state index in [1.165, 1.54) is 20.3 Å². The quantitative estimate of drug-likeness (QED) is 0.413. The van der Waals surface area contributed by atoms with E-state index in [1.54, 1.807) is 0 Å². The number of benzene rings is 3. The van der Waals surface area contributed by atoms with Gasteiger partial charge in [0.15, 0.2) is 0 Å². The molecular formula is C21H20INS. The topological polar surface area (TPSA) is 26.0 Å². The van der Waals surface area contributed by atoms with Crippen molar-refractivity contribution in [2.75, 3.05) is 12.3 Å². The molecule has 0 amide bonds. The molecule has 0 unspecified atom stereocenters. The van der Waals surface area contributed by atoms with E-state index in [9.17, 15) is 0 Å². The first kappa shape index (κ1) is 17.5. The van der Waals surface area contributed by atoms with E-state index in [-0.39, 0.29) is 4.75 Å². The molecule has 0 saturated heterocycles. The van der Waals surface area contributed by atoms with Crippen LogP contribution >= 0.6 is 34.4 Å². The Hall–Kier alpha value is -1.30. The van der Waals surface area contributed by atoms with E-state index >= 15 is 0 Å². The van der Waals surface area contributed by atoms with Crippen molar-refractivity contribution in [1.82, 2.24) is 0 Å². The minimum Gasteiger partial charge on any atom is -0.330 e. The van der Waals surface area contributed by atoms with Crippen LogP contribution in [-0.4, -0.2) is 12.3 Å². The van der Waals surface area contributed by atoms with Crippen molar-refractivity contribution in [3.63, 3.8) is 0 Å². The predicted molar refractivity (Wildman–Crippen MR) is 113 cm³/mol. The number of thioether (sulfide) groups is 1. The second-order valence-electron chi connectivity index (χ2n) is 5.56. The van der Waals surface area contributed by atoms with Gasteiger partial charge in [0.2, 0.25) is 0 Å². The molecule has 0 bridgehead atoms. The first-order chi connectivity index (χ1) is 11.8. The Bertz CT molecular complexity index is 717. The second kappa shape index (κ2) is 8.19. The highest BCUT2D eigenvalue weighted by Crippen LogP contribution is 2.48. The van der Waals surface area contributed by atoms with E-state index < -0.39 is 0 Å². The maximum Gasteiger partial charge on any atom is 0.0907 e. The van der Waals surface area contributed by atoms with Crippen molar-refractivity contribution in [3.05, 3.63) is 105 Å². The molecule has 24 heavy (non-hydrogen) atoms. The molecule has 0 aromatic heterocycles. The highest BCUT2D eigenvalue weighted by Gasteiger charge is 2.36. The third kappa shape index (κ3) is 3.53. The van der Waals surface area contributed by atoms with Gasteiger partial charge in [0.25, 0.3) is 0 Å². The fraction of sp³-hybridized carbons (Fsp3) is 0.143. The van der Waals surface area contributed by atoms with Crippen LogP contribution in [0.25, 0.3) is 0 Å². The van der Waals surface area contributed by atoms with Gasteiger partial charge in [-0.2, -0.15) is 0 Å². The largest absolute Gasteiger partial charge is 0.330 e. The summed E-state index contributed by atoms with van der Waals surface area (Å²) in [5.74, 6) is 0.899. The van der Waals surface area contributed by atoms with Crippen LogP contribution in [0.3, 0.4) is 0 Å². The number of hydrogen-bond acceptors (Lipinski definition) is 2. The van der Waals surface area contributed by atoms with Crippen molar-refractivity contribution in [3.8, 4) is 0 Å². The predicted octanol–water partition coefficient (Wildman–Crippen LogP) is 5.28. The number of halogens is 1. The smallest absolute Gasteiger partial charge is 0.0907 e. The monoisotopic (exact) mass is 445 g/mol. The molecule has 0 heterocycles. The fourth-order valence-corrected chi connectivity index (χ4v) is 4.68. The maximum atomic E-state index is 5.87. The third-order valence-electron chi connectivity index (χ3n) is 4.05. The minimum absolute atomic E-state index is 0.244. The normalized spacial score (nSPS) is 11.4. The summed E-state index contributed by atoms with van der Waals surface area (Å²) in [4.78, 5) is 0. The molecule has 1 nitrogen and oxygen atoms in total. The van der Waals surface area contributed by atoms with E-state index in [2.05, 4.69) is 108 Å². The average molecular weight is 445 g/mol. The van der Waals surface area contributed by atoms with Gasteiger partial charge in [0.05, 0.1) is 4.75 Å². The number of hydrogen-bond donors (Lipinski definition) is 1. The molecule has 0 fully saturated rings. The lowest BCUT2D eigenvalue weighted by Crippen LogP contribution is -2.27. The van der Waals surface area contributed by atoms with Crippen LogP contribution in [0.2, 0.25) is 0 Å². The Morgan fingerprint density at radius 1 is 0.708 bits per heavy atom. The summed E-state index contributed by atoms with van der Waals surface area (Å²) in [7, 11) is 0. The lowest BCUT2D eigenvalue weighted by Gasteiger charge is -2.35. The highest BCUT2D eigenvalue weighted by atomic mass is 127. The Kier molecular flexibility index (Phi) is 5.98. The summed E-state index contributed by atoms with van der Waals surface area (Å²) in [5.41, 5.74) is 9.74. The summed E-state index contributed by atoms with van der Waals surface area (Å²) in [5, 5.41) is 0. The van der Waals surface area contributed by atoms with E-state index in [0.717, 1.165) is 5.75 Å². The standard InChI is InChI=1S/C21H20INS/c22-20-13-11-19(12-14-20)21(24-16-15-23,17-7-3-1-4-8-17)18-9-5-2-6-10-18/h1-14H,15-16,23H2. The van der Waals surface area contributed by atoms with Crippen LogP contribution in [0, 0.1) is 3.57 Å². The van der Waals surface area contributed by atoms with Crippen LogP contribution in [0.1, 0.15) is 16.7 Å². The molecule has 0 spiro atoms. The lowest BCUT2D eigenvalue weighted by molar-refractivity contribution is 0.891. The van der Waals surface area contributed by atoms with Gasteiger partial charge in [-0.05, 0) is 51.4 Å². The molecule has 0 aliphatic carbocycles. The molecule has 3 aromatic carbocycles. The number of nitrogens with two attached hydrogens (primary N) is 1. The maximum absolute atomic E-state index is 5.87. The minimum atomic E-state index is -0.244. The van der Waals surface area contributed by atoms with Gasteiger partial charge in [0.1, 0.15) is 0 Å². The zero-order chi connectivity index (χ0) is 16.8. The second-order valence-corrected chi connectivity index (χ2v) is 8.11. The van der Waals surface area contributed by atoms with Crippen LogP contribution in [0.4, 0.5) is 0 Å². The SMILES string of the molecule is NCCSC(c1ccccc1)(c1ccccc1)c1ccc(I)cc1. The Labute approximate surface area is 161 Å². The molecular weight excluding hydrogens is 425 g/mol. The van der Waals surface area contributed by atoms with Gasteiger partial charge in [0, 0.05) is 15.9 Å². The summed E-state index contributed by atoms with van der Waals surface area (Å²) in [6.45, 7) is 0.663. The summed E-state index contributed by atoms with van der Waals surface area (Å²) in [6, 6.07) is 30.3. The molecule has 2 N–H and O–H groups in total. The third-order valence-corrected chi connectivity index (χ3v) is 6.35. The summed E-state index contributed by atoms with van der Waals surface area (Å²) >= 11 is 4.26. The summed E-state index contributed by atoms with van der Waals surface area (Å²) < 4.78 is 1.00. The van der Waals surface area contributed by atoms with Crippen LogP contribution in [-0.2, 0) is 4.75 Å². The molecule has 3 heteroatoms. The Morgan fingerprint density at radius 2 is 1.17 bits per heavy atom. The zero-order valence-electron chi connectivity index (χ0n) is 13.4. The molecule has 3 aromatic rings. The average Bonchev–Trinajstić information content (AvgIpc) is 2.65. The van der Waals surface area contributed by atoms with Gasteiger partial charge in [-0.3, -0.25) is 0 Å². The van der Waals surface area contributed by atoms with Gasteiger partial charge in [-0.25, -0.2) is 0 Å². The zero-order valence-corrected chi connectivity index (χ0v) is 16.3. The Balaban J connectivity index is 2.26. The van der Waals surface area contributed by atoms with Crippen LogP contribution in [0.5, 0.6) is 0 Å². The van der Waals surface area contributed by atoms with Gasteiger partial charge in [-0.15, -0.1) is 11.8 Å². The molecule has 0 atom stereocenters. The van der Waals surface area contributed by atoms with Crippen molar-refractivity contribution in [1.29, 1.82) is 0 Å². The first-order valence-corrected chi connectivity index (χ1v) is 10.0. The van der Waals surface area contributed by atoms with Crippen molar-refractivity contribution < 1.29 is 0 Å². The molecule has 0 saturated carbocycles. The molecule has 122 valence electrons.